The van der Waals surface area contributed by atoms with Crippen molar-refractivity contribution in [3.05, 3.63) is 71.9 Å². The molecule has 3 aromatic rings. The highest BCUT2D eigenvalue weighted by Gasteiger charge is 2.29. The van der Waals surface area contributed by atoms with Gasteiger partial charge < -0.3 is 5.11 Å². The predicted octanol–water partition coefficient (Wildman–Crippen LogP) is 3.17. The van der Waals surface area contributed by atoms with Gasteiger partial charge in [0.05, 0.1) is 12.2 Å². The number of nitrogens with zero attached hydrogens (tertiary/aromatic N) is 3. The van der Waals surface area contributed by atoms with E-state index in [1.807, 2.05) is 59.4 Å². The number of hydrogen-bond acceptors (Lipinski definition) is 3. The summed E-state index contributed by atoms with van der Waals surface area (Å²) in [7, 11) is 0. The van der Waals surface area contributed by atoms with Crippen molar-refractivity contribution < 1.29 is 5.11 Å². The van der Waals surface area contributed by atoms with E-state index in [1.54, 1.807) is 0 Å². The molecule has 0 amide bonds. The summed E-state index contributed by atoms with van der Waals surface area (Å²) >= 11 is 0. The van der Waals surface area contributed by atoms with E-state index in [9.17, 15) is 5.11 Å². The summed E-state index contributed by atoms with van der Waals surface area (Å²) in [6, 6.07) is 18.0. The Morgan fingerprint density at radius 1 is 1.00 bits per heavy atom. The van der Waals surface area contributed by atoms with Crippen molar-refractivity contribution in [3.8, 4) is 11.3 Å². The molecule has 0 saturated heterocycles. The van der Waals surface area contributed by atoms with Crippen LogP contribution in [0.4, 0.5) is 0 Å². The number of aliphatic hydroxyl groups is 1. The van der Waals surface area contributed by atoms with Gasteiger partial charge in [-0.25, -0.2) is 4.68 Å². The minimum atomic E-state index is -0.532. The first-order valence-corrected chi connectivity index (χ1v) is 7.56. The lowest BCUT2D eigenvalue weighted by molar-refractivity contribution is 0.0911. The molecule has 0 bridgehead atoms. The zero-order valence-corrected chi connectivity index (χ0v) is 12.1. The molecule has 0 fully saturated rings. The molecule has 4 heteroatoms. The zero-order chi connectivity index (χ0) is 14.9. The Bertz CT molecular complexity index is 782. The van der Waals surface area contributed by atoms with Gasteiger partial charge in [-0.1, -0.05) is 59.8 Å². The molecule has 4 rings (SSSR count). The van der Waals surface area contributed by atoms with Gasteiger partial charge in [-0.05, 0) is 24.0 Å². The van der Waals surface area contributed by atoms with Crippen LogP contribution in [-0.2, 0) is 6.42 Å². The first-order valence-electron chi connectivity index (χ1n) is 7.56. The first-order chi connectivity index (χ1) is 10.8. The molecule has 1 heterocycles. The molecular formula is C18H17N3O. The summed E-state index contributed by atoms with van der Waals surface area (Å²) in [5.41, 5.74) is 4.12. The van der Waals surface area contributed by atoms with Crippen molar-refractivity contribution in [1.82, 2.24) is 15.0 Å². The lowest BCUT2D eigenvalue weighted by atomic mass is 9.86. The van der Waals surface area contributed by atoms with Crippen LogP contribution in [0.15, 0.2) is 60.8 Å². The summed E-state index contributed by atoms with van der Waals surface area (Å²) < 4.78 is 1.81. The van der Waals surface area contributed by atoms with Crippen LogP contribution >= 0.6 is 0 Å². The van der Waals surface area contributed by atoms with Crippen LogP contribution < -0.4 is 0 Å². The zero-order valence-electron chi connectivity index (χ0n) is 12.1. The molecule has 0 spiro atoms. The molecule has 2 atom stereocenters. The van der Waals surface area contributed by atoms with Gasteiger partial charge in [-0.3, -0.25) is 0 Å². The lowest BCUT2D eigenvalue weighted by Crippen LogP contribution is -2.24. The van der Waals surface area contributed by atoms with E-state index in [-0.39, 0.29) is 6.04 Å². The molecule has 1 aliphatic rings. The van der Waals surface area contributed by atoms with Gasteiger partial charge in [0.15, 0.2) is 0 Å². The fourth-order valence-electron chi connectivity index (χ4n) is 3.18. The standard InChI is InChI=1S/C18H17N3O/c22-18-15-9-5-4-6-13(15)10-11-17(18)21-12-16(19-20-21)14-7-2-1-3-8-14/h1-9,12,17-18,22H,10-11H2/t17?,18-/m0/s1. The molecule has 22 heavy (non-hydrogen) atoms. The third-order valence-corrected chi connectivity index (χ3v) is 4.37. The number of rotatable bonds is 2. The third-order valence-electron chi connectivity index (χ3n) is 4.37. The molecule has 1 N–H and O–H groups in total. The molecular weight excluding hydrogens is 274 g/mol. The number of aromatic nitrogens is 3. The summed E-state index contributed by atoms with van der Waals surface area (Å²) in [6.07, 6.45) is 3.22. The van der Waals surface area contributed by atoms with E-state index in [4.69, 9.17) is 0 Å². The van der Waals surface area contributed by atoms with Gasteiger partial charge in [0.25, 0.3) is 0 Å². The highest BCUT2D eigenvalue weighted by atomic mass is 16.3. The molecule has 4 nitrogen and oxygen atoms in total. The average molecular weight is 291 g/mol. The maximum atomic E-state index is 10.7. The van der Waals surface area contributed by atoms with Gasteiger partial charge in [0.2, 0.25) is 0 Å². The molecule has 1 aromatic heterocycles. The van der Waals surface area contributed by atoms with Crippen molar-refractivity contribution >= 4 is 0 Å². The van der Waals surface area contributed by atoms with Crippen LogP contribution in [0, 0.1) is 0 Å². The summed E-state index contributed by atoms with van der Waals surface area (Å²) in [4.78, 5) is 0. The number of fused-ring (bicyclic) bond motifs is 1. The van der Waals surface area contributed by atoms with E-state index in [1.165, 1.54) is 5.56 Å². The normalized spacial score (nSPS) is 20.6. The summed E-state index contributed by atoms with van der Waals surface area (Å²) in [6.45, 7) is 0. The Balaban J connectivity index is 1.65. The fourth-order valence-corrected chi connectivity index (χ4v) is 3.18. The van der Waals surface area contributed by atoms with Crippen molar-refractivity contribution in [3.63, 3.8) is 0 Å². The number of hydrogen-bond donors (Lipinski definition) is 1. The van der Waals surface area contributed by atoms with Crippen LogP contribution in [0.3, 0.4) is 0 Å². The largest absolute Gasteiger partial charge is 0.386 e. The topological polar surface area (TPSA) is 50.9 Å². The second-order valence-electron chi connectivity index (χ2n) is 5.70. The molecule has 2 aromatic carbocycles. The van der Waals surface area contributed by atoms with Gasteiger partial charge in [0, 0.05) is 5.56 Å². The van der Waals surface area contributed by atoms with E-state index >= 15 is 0 Å². The van der Waals surface area contributed by atoms with Crippen molar-refractivity contribution in [2.45, 2.75) is 25.0 Å². The van der Waals surface area contributed by atoms with Gasteiger partial charge in [0.1, 0.15) is 11.8 Å². The van der Waals surface area contributed by atoms with E-state index < -0.39 is 6.10 Å². The van der Waals surface area contributed by atoms with Crippen molar-refractivity contribution in [1.29, 1.82) is 0 Å². The van der Waals surface area contributed by atoms with Crippen molar-refractivity contribution in [2.75, 3.05) is 0 Å². The van der Waals surface area contributed by atoms with Crippen LogP contribution in [-0.4, -0.2) is 20.1 Å². The molecule has 0 saturated carbocycles. The highest BCUT2D eigenvalue weighted by Crippen LogP contribution is 2.37. The first kappa shape index (κ1) is 13.2. The number of aliphatic hydroxyl groups excluding tert-OH is 1. The van der Waals surface area contributed by atoms with Crippen LogP contribution in [0.1, 0.15) is 29.7 Å². The Labute approximate surface area is 129 Å². The summed E-state index contributed by atoms with van der Waals surface area (Å²) in [5.74, 6) is 0. The number of benzene rings is 2. The minimum Gasteiger partial charge on any atom is -0.386 e. The highest BCUT2D eigenvalue weighted by molar-refractivity contribution is 5.57. The second kappa shape index (κ2) is 5.39. The molecule has 1 aliphatic carbocycles. The maximum absolute atomic E-state index is 10.7. The van der Waals surface area contributed by atoms with E-state index in [2.05, 4.69) is 16.4 Å². The molecule has 0 aliphatic heterocycles. The Hall–Kier alpha value is -2.46. The van der Waals surface area contributed by atoms with E-state index in [0.29, 0.717) is 0 Å². The second-order valence-corrected chi connectivity index (χ2v) is 5.70. The quantitative estimate of drug-likeness (QED) is 0.789. The molecule has 1 unspecified atom stereocenters. The Morgan fingerprint density at radius 3 is 2.64 bits per heavy atom. The SMILES string of the molecule is O[C@H]1c2ccccc2CCC1n1cc(-c2ccccc2)nn1. The molecule has 0 radical (unpaired) electrons. The predicted molar refractivity (Wildman–Crippen MR) is 84.2 cm³/mol. The summed E-state index contributed by atoms with van der Waals surface area (Å²) in [5, 5.41) is 19.2. The smallest absolute Gasteiger partial charge is 0.113 e. The van der Waals surface area contributed by atoms with Gasteiger partial charge in [-0.15, -0.1) is 5.10 Å². The average Bonchev–Trinajstić information content (AvgIpc) is 3.06. The Morgan fingerprint density at radius 2 is 1.77 bits per heavy atom. The lowest BCUT2D eigenvalue weighted by Gasteiger charge is -2.29. The number of aryl methyl sites for hydroxylation is 1. The van der Waals surface area contributed by atoms with Crippen LogP contribution in [0.25, 0.3) is 11.3 Å². The van der Waals surface area contributed by atoms with E-state index in [0.717, 1.165) is 29.7 Å². The van der Waals surface area contributed by atoms with Gasteiger partial charge in [-0.2, -0.15) is 0 Å². The maximum Gasteiger partial charge on any atom is 0.113 e. The van der Waals surface area contributed by atoms with Gasteiger partial charge >= 0.3 is 0 Å². The third kappa shape index (κ3) is 2.22. The van der Waals surface area contributed by atoms with Crippen LogP contribution in [0.2, 0.25) is 0 Å². The minimum absolute atomic E-state index is 0.0557. The monoisotopic (exact) mass is 291 g/mol. The Kier molecular flexibility index (Phi) is 3.24. The van der Waals surface area contributed by atoms with Crippen LogP contribution in [0.5, 0.6) is 0 Å². The fraction of sp³-hybridized carbons (Fsp3) is 0.222. The van der Waals surface area contributed by atoms with Crippen molar-refractivity contribution in [2.24, 2.45) is 0 Å². The molecule has 110 valence electrons.